The summed E-state index contributed by atoms with van der Waals surface area (Å²) in [6.45, 7) is 4.48. The minimum Gasteiger partial charge on any atom is -0.505 e. The van der Waals surface area contributed by atoms with Gasteiger partial charge in [0.25, 0.3) is 0 Å². The number of Topliss-reactive ketones (excluding diaryl/α,β-unsaturated/α-hetero) is 1. The molecule has 35 heavy (non-hydrogen) atoms. The van der Waals surface area contributed by atoms with Crippen molar-refractivity contribution in [1.29, 1.82) is 0 Å². The van der Waals surface area contributed by atoms with Gasteiger partial charge in [0, 0.05) is 48.8 Å². The largest absolute Gasteiger partial charge is 0.505 e. The normalized spacial score (nSPS) is 23.9. The highest BCUT2D eigenvalue weighted by Crippen LogP contribution is 2.28. The SMILES string of the molecule is CC1=C(O)C(Nc2ccc(N3CCC(O)C3)cc2)=CC(=Nc2ccc(N3CCC(O)C3)cc2)C1=O. The predicted octanol–water partition coefficient (Wildman–Crippen LogP) is 3.31. The zero-order valence-corrected chi connectivity index (χ0v) is 19.7. The smallest absolute Gasteiger partial charge is 0.210 e. The molecule has 4 N–H and O–H groups in total. The average Bonchev–Trinajstić information content (AvgIpc) is 3.50. The molecule has 0 amide bonds. The quantitative estimate of drug-likeness (QED) is 0.493. The van der Waals surface area contributed by atoms with Crippen molar-refractivity contribution in [1.82, 2.24) is 0 Å². The summed E-state index contributed by atoms with van der Waals surface area (Å²) in [6, 6.07) is 15.3. The summed E-state index contributed by atoms with van der Waals surface area (Å²) in [4.78, 5) is 21.6. The van der Waals surface area contributed by atoms with E-state index in [-0.39, 0.29) is 35.0 Å². The maximum Gasteiger partial charge on any atom is 0.210 e. The number of nitrogens with one attached hydrogen (secondary N) is 1. The molecule has 2 saturated heterocycles. The van der Waals surface area contributed by atoms with Crippen molar-refractivity contribution in [3.8, 4) is 0 Å². The van der Waals surface area contributed by atoms with E-state index in [1.807, 2.05) is 48.5 Å². The molecular weight excluding hydrogens is 444 g/mol. The van der Waals surface area contributed by atoms with Gasteiger partial charge in [0.15, 0.2) is 0 Å². The maximum atomic E-state index is 12.8. The Hall–Kier alpha value is -3.62. The molecule has 1 aliphatic carbocycles. The Labute approximate surface area is 204 Å². The third-order valence-electron chi connectivity index (χ3n) is 6.77. The number of allylic oxidation sites excluding steroid dienone is 2. The first-order valence-electron chi connectivity index (χ1n) is 12.0. The van der Waals surface area contributed by atoms with Crippen LogP contribution in [0.1, 0.15) is 19.8 Å². The molecule has 5 rings (SSSR count). The number of rotatable bonds is 5. The van der Waals surface area contributed by atoms with Gasteiger partial charge in [-0.1, -0.05) is 0 Å². The fourth-order valence-corrected chi connectivity index (χ4v) is 4.69. The summed E-state index contributed by atoms with van der Waals surface area (Å²) in [6.07, 6.45) is 2.52. The van der Waals surface area contributed by atoms with E-state index in [2.05, 4.69) is 20.1 Å². The van der Waals surface area contributed by atoms with Crippen molar-refractivity contribution in [3.05, 3.63) is 71.6 Å². The van der Waals surface area contributed by atoms with Crippen LogP contribution in [-0.2, 0) is 4.79 Å². The Kier molecular flexibility index (Phi) is 6.32. The summed E-state index contributed by atoms with van der Waals surface area (Å²) in [5, 5.41) is 33.3. The first-order valence-corrected chi connectivity index (χ1v) is 12.0. The van der Waals surface area contributed by atoms with Gasteiger partial charge in [0.05, 0.1) is 23.6 Å². The van der Waals surface area contributed by atoms with E-state index in [9.17, 15) is 20.1 Å². The van der Waals surface area contributed by atoms with Gasteiger partial charge in [0.2, 0.25) is 5.78 Å². The van der Waals surface area contributed by atoms with Crippen LogP contribution in [0.5, 0.6) is 0 Å². The molecular formula is C27H30N4O4. The van der Waals surface area contributed by atoms with Gasteiger partial charge in [-0.15, -0.1) is 0 Å². The van der Waals surface area contributed by atoms with Crippen LogP contribution < -0.4 is 15.1 Å². The van der Waals surface area contributed by atoms with Crippen LogP contribution in [0.15, 0.2) is 76.6 Å². The number of β-amino-alcohol motifs (C(OH)–C–C–N with tert-alkyl or cyclic N) is 2. The van der Waals surface area contributed by atoms with Gasteiger partial charge in [-0.3, -0.25) is 4.79 Å². The molecule has 0 bridgehead atoms. The van der Waals surface area contributed by atoms with Crippen LogP contribution in [0.3, 0.4) is 0 Å². The van der Waals surface area contributed by atoms with Gasteiger partial charge in [-0.25, -0.2) is 4.99 Å². The molecule has 3 aliphatic rings. The van der Waals surface area contributed by atoms with Crippen molar-refractivity contribution in [3.63, 3.8) is 0 Å². The van der Waals surface area contributed by atoms with Crippen LogP contribution in [0, 0.1) is 0 Å². The minimum absolute atomic E-state index is 0.0939. The number of aliphatic hydroxyl groups excluding tert-OH is 3. The molecule has 2 aromatic rings. The number of hydrogen-bond acceptors (Lipinski definition) is 8. The Morgan fingerprint density at radius 3 is 1.94 bits per heavy atom. The van der Waals surface area contributed by atoms with Gasteiger partial charge >= 0.3 is 0 Å². The molecule has 0 spiro atoms. The van der Waals surface area contributed by atoms with E-state index in [1.165, 1.54) is 0 Å². The summed E-state index contributed by atoms with van der Waals surface area (Å²) < 4.78 is 0. The molecule has 2 aliphatic heterocycles. The number of benzene rings is 2. The second kappa shape index (κ2) is 9.56. The second-order valence-electron chi connectivity index (χ2n) is 9.32. The maximum absolute atomic E-state index is 12.8. The highest BCUT2D eigenvalue weighted by molar-refractivity contribution is 6.51. The molecule has 8 nitrogen and oxygen atoms in total. The lowest BCUT2D eigenvalue weighted by atomic mass is 9.99. The topological polar surface area (TPSA) is 109 Å². The van der Waals surface area contributed by atoms with Crippen LogP contribution in [-0.4, -0.2) is 65.2 Å². The van der Waals surface area contributed by atoms with E-state index in [0.717, 1.165) is 43.0 Å². The van der Waals surface area contributed by atoms with Crippen molar-refractivity contribution >= 4 is 34.2 Å². The number of ketones is 1. The van der Waals surface area contributed by atoms with Gasteiger partial charge in [-0.05, 0) is 74.4 Å². The highest BCUT2D eigenvalue weighted by Gasteiger charge is 2.25. The van der Waals surface area contributed by atoms with Crippen LogP contribution in [0.25, 0.3) is 0 Å². The lowest BCUT2D eigenvalue weighted by Gasteiger charge is -2.20. The lowest BCUT2D eigenvalue weighted by Crippen LogP contribution is -2.23. The number of anilines is 3. The summed E-state index contributed by atoms with van der Waals surface area (Å²) >= 11 is 0. The number of aliphatic hydroxyl groups is 3. The van der Waals surface area contributed by atoms with E-state index >= 15 is 0 Å². The lowest BCUT2D eigenvalue weighted by molar-refractivity contribution is -0.109. The van der Waals surface area contributed by atoms with Crippen molar-refractivity contribution in [2.75, 3.05) is 41.3 Å². The first-order chi connectivity index (χ1) is 16.9. The molecule has 8 heteroatoms. The standard InChI is InChI=1S/C27H30N4O4/c1-17-26(34)24(28-18-2-6-20(7-3-18)30-12-10-22(32)15-30)14-25(27(17)35)29-19-4-8-21(9-5-19)31-13-11-23(33)16-31/h2-9,14,22-23,28,32-34H,10-13,15-16H2,1H3. The molecule has 2 aromatic carbocycles. The van der Waals surface area contributed by atoms with Crippen LogP contribution in [0.4, 0.5) is 22.7 Å². The third kappa shape index (κ3) is 4.94. The zero-order valence-electron chi connectivity index (χ0n) is 19.7. The monoisotopic (exact) mass is 474 g/mol. The Bertz CT molecular complexity index is 1200. The van der Waals surface area contributed by atoms with E-state index < -0.39 is 0 Å². The number of carbonyl (C=O) groups is 1. The highest BCUT2D eigenvalue weighted by atomic mass is 16.3. The Morgan fingerprint density at radius 1 is 0.886 bits per heavy atom. The summed E-state index contributed by atoms with van der Waals surface area (Å²) in [7, 11) is 0. The molecule has 2 fully saturated rings. The number of aliphatic imine (C=N–C) groups is 1. The second-order valence-corrected chi connectivity index (χ2v) is 9.32. The molecule has 0 radical (unpaired) electrons. The average molecular weight is 475 g/mol. The Morgan fingerprint density at radius 2 is 1.43 bits per heavy atom. The fraction of sp³-hybridized carbons (Fsp3) is 0.333. The van der Waals surface area contributed by atoms with E-state index in [4.69, 9.17) is 0 Å². The van der Waals surface area contributed by atoms with Gasteiger partial charge in [0.1, 0.15) is 11.5 Å². The molecule has 0 aromatic heterocycles. The van der Waals surface area contributed by atoms with Crippen LogP contribution >= 0.6 is 0 Å². The van der Waals surface area contributed by atoms with Crippen molar-refractivity contribution in [2.24, 2.45) is 4.99 Å². The van der Waals surface area contributed by atoms with Crippen molar-refractivity contribution < 1.29 is 20.1 Å². The minimum atomic E-state index is -0.317. The third-order valence-corrected chi connectivity index (χ3v) is 6.77. The first kappa shape index (κ1) is 23.1. The number of carbonyl (C=O) groups excluding carboxylic acids is 1. The molecule has 2 atom stereocenters. The van der Waals surface area contributed by atoms with E-state index in [1.54, 1.807) is 13.0 Å². The van der Waals surface area contributed by atoms with Crippen LogP contribution in [0.2, 0.25) is 0 Å². The Balaban J connectivity index is 1.33. The fourth-order valence-electron chi connectivity index (χ4n) is 4.69. The molecule has 2 unspecified atom stereocenters. The molecule has 2 heterocycles. The number of nitrogens with zero attached hydrogens (tertiary/aromatic N) is 3. The zero-order chi connectivity index (χ0) is 24.5. The molecule has 0 saturated carbocycles. The van der Waals surface area contributed by atoms with Crippen molar-refractivity contribution in [2.45, 2.75) is 32.0 Å². The molecule has 182 valence electrons. The number of hydrogen-bond donors (Lipinski definition) is 4. The summed E-state index contributed by atoms with van der Waals surface area (Å²) in [5.74, 6) is -0.411. The van der Waals surface area contributed by atoms with E-state index in [0.29, 0.717) is 24.5 Å². The van der Waals surface area contributed by atoms with Gasteiger partial charge in [-0.2, -0.15) is 0 Å². The predicted molar refractivity (Wildman–Crippen MR) is 138 cm³/mol. The summed E-state index contributed by atoms with van der Waals surface area (Å²) in [5.41, 5.74) is 4.34. The van der Waals surface area contributed by atoms with Gasteiger partial charge < -0.3 is 30.4 Å².